The van der Waals surface area contributed by atoms with Crippen LogP contribution in [0.4, 0.5) is 5.69 Å². The minimum atomic E-state index is 0.851. The van der Waals surface area contributed by atoms with Crippen LogP contribution in [0.5, 0.6) is 0 Å². The molecular formula is C14H23NS. The molecule has 0 aliphatic rings. The van der Waals surface area contributed by atoms with E-state index in [1.165, 1.54) is 29.2 Å². The molecule has 1 rings (SSSR count). The van der Waals surface area contributed by atoms with Crippen LogP contribution in [-0.4, -0.2) is 18.1 Å². The van der Waals surface area contributed by atoms with E-state index in [1.807, 2.05) is 11.8 Å². The van der Waals surface area contributed by atoms with Gasteiger partial charge in [0.15, 0.2) is 0 Å². The van der Waals surface area contributed by atoms with Gasteiger partial charge in [-0.05, 0) is 36.3 Å². The van der Waals surface area contributed by atoms with Crippen LogP contribution < -0.4 is 5.32 Å². The number of rotatable bonds is 7. The zero-order chi connectivity index (χ0) is 11.8. The lowest BCUT2D eigenvalue weighted by Crippen LogP contribution is -2.06. The Labute approximate surface area is 104 Å². The molecule has 0 aliphatic heterocycles. The lowest BCUT2D eigenvalue weighted by Gasteiger charge is -2.09. The van der Waals surface area contributed by atoms with Crippen LogP contribution in [0, 0.1) is 12.8 Å². The molecule has 16 heavy (non-hydrogen) atoms. The Morgan fingerprint density at radius 1 is 1.38 bits per heavy atom. The van der Waals surface area contributed by atoms with Gasteiger partial charge >= 0.3 is 0 Å². The van der Waals surface area contributed by atoms with Crippen LogP contribution in [-0.2, 0) is 0 Å². The summed E-state index contributed by atoms with van der Waals surface area (Å²) in [5.41, 5.74) is 2.56. The number of benzene rings is 1. The largest absolute Gasteiger partial charge is 0.384 e. The molecule has 0 saturated heterocycles. The molecule has 0 saturated carbocycles. The lowest BCUT2D eigenvalue weighted by molar-refractivity contribution is 0.637. The van der Waals surface area contributed by atoms with Gasteiger partial charge in [0.2, 0.25) is 0 Å². The summed E-state index contributed by atoms with van der Waals surface area (Å²) in [7, 11) is 0. The molecular weight excluding hydrogens is 214 g/mol. The predicted molar refractivity (Wildman–Crippen MR) is 76.4 cm³/mol. The van der Waals surface area contributed by atoms with Gasteiger partial charge in [-0.15, -0.1) is 0 Å². The van der Waals surface area contributed by atoms with E-state index in [0.29, 0.717) is 0 Å². The Bertz CT molecular complexity index is 299. The third-order valence-electron chi connectivity index (χ3n) is 2.69. The summed E-state index contributed by atoms with van der Waals surface area (Å²) in [5.74, 6) is 3.33. The van der Waals surface area contributed by atoms with Crippen molar-refractivity contribution in [2.75, 3.05) is 23.4 Å². The molecule has 0 spiro atoms. The maximum Gasteiger partial charge on any atom is 0.0343 e. The Hall–Kier alpha value is -0.630. The van der Waals surface area contributed by atoms with Gasteiger partial charge in [0.25, 0.3) is 0 Å². The van der Waals surface area contributed by atoms with Crippen LogP contribution in [0.3, 0.4) is 0 Å². The summed E-state index contributed by atoms with van der Waals surface area (Å²) in [6, 6.07) is 8.55. The van der Waals surface area contributed by atoms with E-state index in [2.05, 4.69) is 50.4 Å². The summed E-state index contributed by atoms with van der Waals surface area (Å²) in [4.78, 5) is 0. The highest BCUT2D eigenvalue weighted by molar-refractivity contribution is 7.99. The number of anilines is 1. The average Bonchev–Trinajstić information content (AvgIpc) is 2.28. The monoisotopic (exact) mass is 237 g/mol. The standard InChI is InChI=1S/C14H23NS/c1-4-12(2)11-16-9-8-15-14-7-5-6-13(3)10-14/h5-7,10,12,15H,4,8-9,11H2,1-3H3. The number of nitrogens with one attached hydrogen (secondary N) is 1. The van der Waals surface area contributed by atoms with Gasteiger partial charge < -0.3 is 5.32 Å². The summed E-state index contributed by atoms with van der Waals surface area (Å²) in [6.45, 7) is 7.77. The van der Waals surface area contributed by atoms with Crippen molar-refractivity contribution in [3.8, 4) is 0 Å². The van der Waals surface area contributed by atoms with E-state index in [4.69, 9.17) is 0 Å². The van der Waals surface area contributed by atoms with Gasteiger partial charge in [0.1, 0.15) is 0 Å². The number of hydrogen-bond donors (Lipinski definition) is 1. The van der Waals surface area contributed by atoms with Crippen molar-refractivity contribution < 1.29 is 0 Å². The quantitative estimate of drug-likeness (QED) is 0.714. The molecule has 2 heteroatoms. The van der Waals surface area contributed by atoms with E-state index in [1.54, 1.807) is 0 Å². The lowest BCUT2D eigenvalue weighted by atomic mass is 10.2. The third kappa shape index (κ3) is 5.45. The molecule has 1 aromatic rings. The first kappa shape index (κ1) is 13.4. The molecule has 0 bridgehead atoms. The van der Waals surface area contributed by atoms with Crippen LogP contribution in [0.25, 0.3) is 0 Å². The molecule has 1 atom stereocenters. The van der Waals surface area contributed by atoms with Crippen LogP contribution in [0.15, 0.2) is 24.3 Å². The van der Waals surface area contributed by atoms with Crippen molar-refractivity contribution in [1.82, 2.24) is 0 Å². The van der Waals surface area contributed by atoms with E-state index in [9.17, 15) is 0 Å². The van der Waals surface area contributed by atoms with E-state index < -0.39 is 0 Å². The van der Waals surface area contributed by atoms with E-state index >= 15 is 0 Å². The molecule has 0 heterocycles. The minimum Gasteiger partial charge on any atom is -0.384 e. The van der Waals surface area contributed by atoms with Crippen LogP contribution in [0.2, 0.25) is 0 Å². The molecule has 1 nitrogen and oxygen atoms in total. The molecule has 0 radical (unpaired) electrons. The molecule has 0 fully saturated rings. The van der Waals surface area contributed by atoms with Crippen LogP contribution in [0.1, 0.15) is 25.8 Å². The van der Waals surface area contributed by atoms with Crippen molar-refractivity contribution in [3.63, 3.8) is 0 Å². The molecule has 0 aliphatic carbocycles. The first-order valence-corrected chi connectivity index (χ1v) is 7.26. The smallest absolute Gasteiger partial charge is 0.0343 e. The fourth-order valence-electron chi connectivity index (χ4n) is 1.42. The Morgan fingerprint density at radius 2 is 2.19 bits per heavy atom. The van der Waals surface area contributed by atoms with Crippen LogP contribution >= 0.6 is 11.8 Å². The topological polar surface area (TPSA) is 12.0 Å². The molecule has 90 valence electrons. The second kappa shape index (κ2) is 7.61. The molecule has 0 amide bonds. The normalized spacial score (nSPS) is 12.4. The highest BCUT2D eigenvalue weighted by atomic mass is 32.2. The Morgan fingerprint density at radius 3 is 2.88 bits per heavy atom. The zero-order valence-corrected chi connectivity index (χ0v) is 11.4. The summed E-state index contributed by atoms with van der Waals surface area (Å²) >= 11 is 2.05. The zero-order valence-electron chi connectivity index (χ0n) is 10.6. The highest BCUT2D eigenvalue weighted by Crippen LogP contribution is 2.12. The summed E-state index contributed by atoms with van der Waals surface area (Å²) < 4.78 is 0. The Kier molecular flexibility index (Phi) is 6.39. The molecule has 1 unspecified atom stereocenters. The molecule has 0 aromatic heterocycles. The SMILES string of the molecule is CCC(C)CSCCNc1cccc(C)c1. The average molecular weight is 237 g/mol. The maximum atomic E-state index is 3.46. The second-order valence-electron chi connectivity index (χ2n) is 4.38. The fraction of sp³-hybridized carbons (Fsp3) is 0.571. The van der Waals surface area contributed by atoms with Gasteiger partial charge in [-0.1, -0.05) is 32.4 Å². The maximum absolute atomic E-state index is 3.46. The van der Waals surface area contributed by atoms with E-state index in [-0.39, 0.29) is 0 Å². The Balaban J connectivity index is 2.12. The van der Waals surface area contributed by atoms with Crippen molar-refractivity contribution in [2.45, 2.75) is 27.2 Å². The van der Waals surface area contributed by atoms with Crippen molar-refractivity contribution in [3.05, 3.63) is 29.8 Å². The fourth-order valence-corrected chi connectivity index (χ4v) is 2.48. The number of aryl methyl sites for hydroxylation is 1. The predicted octanol–water partition coefficient (Wildman–Crippen LogP) is 4.19. The molecule has 1 N–H and O–H groups in total. The number of thioether (sulfide) groups is 1. The summed E-state index contributed by atoms with van der Waals surface area (Å²) in [5, 5.41) is 3.46. The highest BCUT2D eigenvalue weighted by Gasteiger charge is 1.98. The van der Waals surface area contributed by atoms with Gasteiger partial charge in [-0.25, -0.2) is 0 Å². The third-order valence-corrected chi connectivity index (χ3v) is 3.99. The van der Waals surface area contributed by atoms with Gasteiger partial charge in [0, 0.05) is 18.0 Å². The van der Waals surface area contributed by atoms with Crippen molar-refractivity contribution in [2.24, 2.45) is 5.92 Å². The van der Waals surface area contributed by atoms with Crippen molar-refractivity contribution >= 4 is 17.4 Å². The van der Waals surface area contributed by atoms with Gasteiger partial charge in [-0.2, -0.15) is 11.8 Å². The summed E-state index contributed by atoms with van der Waals surface area (Å²) in [6.07, 6.45) is 1.29. The number of hydrogen-bond acceptors (Lipinski definition) is 2. The van der Waals surface area contributed by atoms with Gasteiger partial charge in [-0.3, -0.25) is 0 Å². The second-order valence-corrected chi connectivity index (χ2v) is 5.53. The van der Waals surface area contributed by atoms with Gasteiger partial charge in [0.05, 0.1) is 0 Å². The van der Waals surface area contributed by atoms with Crippen molar-refractivity contribution in [1.29, 1.82) is 0 Å². The van der Waals surface area contributed by atoms with E-state index in [0.717, 1.165) is 12.5 Å². The molecule has 1 aromatic carbocycles. The first-order chi connectivity index (χ1) is 7.72. The first-order valence-electron chi connectivity index (χ1n) is 6.10. The minimum absolute atomic E-state index is 0.851.